The van der Waals surface area contributed by atoms with E-state index >= 15 is 0 Å². The van der Waals surface area contributed by atoms with Crippen molar-refractivity contribution < 1.29 is 28.6 Å². The summed E-state index contributed by atoms with van der Waals surface area (Å²) < 4.78 is 18.2. The normalized spacial score (nSPS) is 28.0. The van der Waals surface area contributed by atoms with Crippen molar-refractivity contribution in [2.24, 2.45) is 0 Å². The van der Waals surface area contributed by atoms with Crippen LogP contribution in [0.2, 0.25) is 0 Å². The van der Waals surface area contributed by atoms with E-state index in [0.717, 1.165) is 0 Å². The van der Waals surface area contributed by atoms with Gasteiger partial charge in [0, 0.05) is 0 Å². The summed E-state index contributed by atoms with van der Waals surface area (Å²) in [6.07, 6.45) is 1.62. The smallest absolute Gasteiger partial charge is 0.261 e. The molecule has 0 saturated carbocycles. The van der Waals surface area contributed by atoms with E-state index in [1.807, 2.05) is 0 Å². The summed E-state index contributed by atoms with van der Waals surface area (Å²) >= 11 is 0. The predicted octanol–water partition coefficient (Wildman–Crippen LogP) is 0.792. The lowest BCUT2D eigenvalue weighted by atomic mass is 9.96. The summed E-state index contributed by atoms with van der Waals surface area (Å²) in [5.74, 6) is -1.96. The first-order valence-electron chi connectivity index (χ1n) is 10.3. The van der Waals surface area contributed by atoms with Crippen LogP contribution in [-0.2, 0) is 14.2 Å². The number of amides is 3. The highest BCUT2D eigenvalue weighted by atomic mass is 16.8. The minimum Gasteiger partial charge on any atom is -0.370 e. The molecule has 1 aromatic heterocycles. The van der Waals surface area contributed by atoms with Crippen LogP contribution in [0, 0.1) is 0 Å². The third-order valence-electron chi connectivity index (χ3n) is 5.89. The number of rotatable bonds is 5. The molecule has 0 unspecified atom stereocenters. The van der Waals surface area contributed by atoms with Gasteiger partial charge in [-0.1, -0.05) is 12.1 Å². The van der Waals surface area contributed by atoms with Crippen LogP contribution < -0.4 is 5.32 Å². The van der Waals surface area contributed by atoms with Crippen LogP contribution in [0.4, 0.5) is 0 Å². The Bertz CT molecular complexity index is 1060. The molecule has 0 radical (unpaired) electrons. The second kappa shape index (κ2) is 7.44. The monoisotopic (exact) mass is 438 g/mol. The number of nitrogens with zero attached hydrogens (tertiary/aromatic N) is 3. The molecule has 3 atom stereocenters. The summed E-state index contributed by atoms with van der Waals surface area (Å²) in [5, 5.41) is 10.2. The quantitative estimate of drug-likeness (QED) is 0.681. The fourth-order valence-electron chi connectivity index (χ4n) is 4.52. The molecule has 1 N–H and O–H groups in total. The number of hydrogen-bond acceptors (Lipinski definition) is 8. The predicted molar refractivity (Wildman–Crippen MR) is 109 cm³/mol. The zero-order chi connectivity index (χ0) is 22.5. The molecule has 4 heterocycles. The van der Waals surface area contributed by atoms with E-state index in [-0.39, 0.29) is 37.4 Å². The van der Waals surface area contributed by atoms with E-state index in [9.17, 15) is 14.4 Å². The lowest BCUT2D eigenvalue weighted by molar-refractivity contribution is -0.189. The number of nitrogens with one attached hydrogen (secondary N) is 1. The largest absolute Gasteiger partial charge is 0.370 e. The Balaban J connectivity index is 1.33. The number of ether oxygens (including phenoxy) is 3. The van der Waals surface area contributed by atoms with Gasteiger partial charge in [-0.25, -0.2) is 0 Å². The minimum absolute atomic E-state index is 0.0282. The lowest BCUT2D eigenvalue weighted by Gasteiger charge is -2.27. The summed E-state index contributed by atoms with van der Waals surface area (Å²) in [6, 6.07) is 8.28. The number of aromatic nitrogens is 2. The highest BCUT2D eigenvalue weighted by molar-refractivity contribution is 6.21. The average Bonchev–Trinajstić information content (AvgIpc) is 3.34. The zero-order valence-corrected chi connectivity index (χ0v) is 17.6. The molecule has 0 spiro atoms. The highest BCUT2D eigenvalue weighted by Crippen LogP contribution is 2.43. The molecule has 32 heavy (non-hydrogen) atoms. The number of hydrogen-bond donors (Lipinski definition) is 1. The number of fused-ring (bicyclic) bond motifs is 2. The van der Waals surface area contributed by atoms with Gasteiger partial charge in [-0.2, -0.15) is 10.2 Å². The Morgan fingerprint density at radius 2 is 1.88 bits per heavy atom. The molecule has 166 valence electrons. The van der Waals surface area contributed by atoms with Gasteiger partial charge in [0.15, 0.2) is 5.79 Å². The number of carbonyl (C=O) groups is 3. The van der Waals surface area contributed by atoms with Gasteiger partial charge in [-0.3, -0.25) is 19.3 Å². The molecular weight excluding hydrogens is 416 g/mol. The second-order valence-corrected chi connectivity index (χ2v) is 8.53. The fourth-order valence-corrected chi connectivity index (χ4v) is 4.52. The molecule has 2 saturated heterocycles. The van der Waals surface area contributed by atoms with Crippen LogP contribution >= 0.6 is 0 Å². The van der Waals surface area contributed by atoms with Crippen molar-refractivity contribution in [1.29, 1.82) is 0 Å². The van der Waals surface area contributed by atoms with Crippen molar-refractivity contribution in [3.05, 3.63) is 59.4 Å². The fraction of sp³-hybridized carbons (Fsp3) is 0.409. The van der Waals surface area contributed by atoms with Crippen molar-refractivity contribution in [3.8, 4) is 0 Å². The van der Waals surface area contributed by atoms with Crippen LogP contribution in [0.5, 0.6) is 0 Å². The summed E-state index contributed by atoms with van der Waals surface area (Å²) in [6.45, 7) is 3.85. The van der Waals surface area contributed by atoms with Gasteiger partial charge in [0.25, 0.3) is 17.7 Å². The first-order chi connectivity index (χ1) is 15.3. The summed E-state index contributed by atoms with van der Waals surface area (Å²) in [5.41, 5.74) is 0.170. The minimum atomic E-state index is -0.955. The Morgan fingerprint density at radius 3 is 2.53 bits per heavy atom. The Hall–Kier alpha value is -3.21. The molecule has 10 heteroatoms. The number of imide groups is 1. The van der Waals surface area contributed by atoms with Crippen molar-refractivity contribution in [2.75, 3.05) is 19.7 Å². The highest BCUT2D eigenvalue weighted by Gasteiger charge is 2.61. The maximum Gasteiger partial charge on any atom is 0.261 e. The van der Waals surface area contributed by atoms with Crippen LogP contribution in [-0.4, -0.2) is 76.1 Å². The van der Waals surface area contributed by atoms with E-state index in [4.69, 9.17) is 14.2 Å². The van der Waals surface area contributed by atoms with Gasteiger partial charge < -0.3 is 19.5 Å². The third-order valence-corrected chi connectivity index (χ3v) is 5.89. The zero-order valence-electron chi connectivity index (χ0n) is 17.6. The van der Waals surface area contributed by atoms with E-state index in [2.05, 4.69) is 15.5 Å². The van der Waals surface area contributed by atoms with Crippen molar-refractivity contribution in [1.82, 2.24) is 20.4 Å². The molecule has 3 aliphatic heterocycles. The van der Waals surface area contributed by atoms with Crippen LogP contribution in [0.1, 0.15) is 44.9 Å². The van der Waals surface area contributed by atoms with E-state index in [0.29, 0.717) is 16.7 Å². The van der Waals surface area contributed by atoms with Crippen molar-refractivity contribution >= 4 is 17.7 Å². The van der Waals surface area contributed by atoms with Gasteiger partial charge in [0.05, 0.1) is 48.8 Å². The molecule has 0 bridgehead atoms. The molecule has 0 aliphatic carbocycles. The average molecular weight is 438 g/mol. The molecule has 2 aromatic rings. The van der Waals surface area contributed by atoms with Gasteiger partial charge in [0.2, 0.25) is 0 Å². The maximum atomic E-state index is 12.8. The number of carbonyl (C=O) groups excluding carboxylic acids is 3. The topological polar surface area (TPSA) is 120 Å². The maximum absolute atomic E-state index is 12.8. The van der Waals surface area contributed by atoms with E-state index in [1.165, 1.54) is 17.3 Å². The van der Waals surface area contributed by atoms with E-state index < -0.39 is 23.6 Å². The molecule has 5 rings (SSSR count). The first-order valence-corrected chi connectivity index (χ1v) is 10.3. The van der Waals surface area contributed by atoms with Gasteiger partial charge in [-0.05, 0) is 32.0 Å². The molecule has 2 fully saturated rings. The Labute approximate surface area is 183 Å². The number of benzene rings is 1. The Kier molecular flexibility index (Phi) is 4.81. The van der Waals surface area contributed by atoms with Crippen molar-refractivity contribution in [3.63, 3.8) is 0 Å². The summed E-state index contributed by atoms with van der Waals surface area (Å²) in [4.78, 5) is 39.2. The standard InChI is InChI=1S/C22H22N4O6/c1-21(2)31-17-16(10-26-19(28)14-5-3-4-6-15(14)20(26)29)30-12-22(17,32-21)11-23-18(27)13-7-8-24-25-9-13/h3-9,16-17H,10-12H2,1-2H3,(H,23,27)/t16-,17-,22+/m1/s1. The molecule has 3 aliphatic rings. The van der Waals surface area contributed by atoms with Gasteiger partial charge in [0.1, 0.15) is 17.8 Å². The molecular formula is C22H22N4O6. The van der Waals surface area contributed by atoms with Crippen LogP contribution in [0.25, 0.3) is 0 Å². The van der Waals surface area contributed by atoms with Crippen LogP contribution in [0.3, 0.4) is 0 Å². The SMILES string of the molecule is CC1(C)O[C@@H]2[C@@H](CN3C(=O)c4ccccc4C3=O)OC[C@]2(CNC(=O)c2ccnnc2)O1. The first kappa shape index (κ1) is 20.7. The molecule has 1 aromatic carbocycles. The third kappa shape index (κ3) is 3.36. The van der Waals surface area contributed by atoms with Gasteiger partial charge >= 0.3 is 0 Å². The van der Waals surface area contributed by atoms with Gasteiger partial charge in [-0.15, -0.1) is 0 Å². The van der Waals surface area contributed by atoms with Crippen molar-refractivity contribution in [2.45, 2.75) is 37.4 Å². The second-order valence-electron chi connectivity index (χ2n) is 8.53. The Morgan fingerprint density at radius 1 is 1.16 bits per heavy atom. The molecule has 10 nitrogen and oxygen atoms in total. The molecule has 3 amide bonds. The summed E-state index contributed by atoms with van der Waals surface area (Å²) in [7, 11) is 0. The lowest BCUT2D eigenvalue weighted by Crippen LogP contribution is -2.52. The van der Waals surface area contributed by atoms with Crippen LogP contribution in [0.15, 0.2) is 42.7 Å². The van der Waals surface area contributed by atoms with E-state index in [1.54, 1.807) is 44.2 Å².